The highest BCUT2D eigenvalue weighted by Crippen LogP contribution is 2.23. The van der Waals surface area contributed by atoms with E-state index in [4.69, 9.17) is 15.3 Å². The smallest absolute Gasteiger partial charge is 0.253 e. The molecule has 1 aliphatic heterocycles. The van der Waals surface area contributed by atoms with Crippen LogP contribution in [-0.2, 0) is 0 Å². The predicted molar refractivity (Wildman–Crippen MR) is 135 cm³/mol. The molecule has 0 N–H and O–H groups in total. The summed E-state index contributed by atoms with van der Waals surface area (Å²) in [5.74, 6) is 0.837. The summed E-state index contributed by atoms with van der Waals surface area (Å²) in [7, 11) is 1.86. The van der Waals surface area contributed by atoms with Crippen molar-refractivity contribution in [3.63, 3.8) is 0 Å². The maximum absolute atomic E-state index is 12.8. The number of hydrogen-bond acceptors (Lipinski definition) is 5. The minimum atomic E-state index is -0.00544. The molecule has 4 rings (SSSR count). The van der Waals surface area contributed by atoms with E-state index in [2.05, 4.69) is 17.0 Å². The van der Waals surface area contributed by atoms with Crippen LogP contribution in [0.15, 0.2) is 72.8 Å². The van der Waals surface area contributed by atoms with Crippen LogP contribution in [0.1, 0.15) is 34.3 Å². The Hall–Kier alpha value is -4.13. The lowest BCUT2D eigenvalue weighted by Crippen LogP contribution is -2.39. The zero-order valence-electron chi connectivity index (χ0n) is 19.9. The summed E-state index contributed by atoms with van der Waals surface area (Å²) in [5.41, 5.74) is 3.98. The predicted octanol–water partition coefficient (Wildman–Crippen LogP) is 4.71. The van der Waals surface area contributed by atoms with Crippen LogP contribution in [0.3, 0.4) is 0 Å². The molecular formula is C29H28N4O2. The van der Waals surface area contributed by atoms with Gasteiger partial charge in [-0.3, -0.25) is 4.79 Å². The molecule has 35 heavy (non-hydrogen) atoms. The van der Waals surface area contributed by atoms with Gasteiger partial charge in [-0.2, -0.15) is 10.5 Å². The molecule has 0 radical (unpaired) electrons. The second kappa shape index (κ2) is 11.3. The highest BCUT2D eigenvalue weighted by atomic mass is 16.5. The number of benzene rings is 3. The van der Waals surface area contributed by atoms with E-state index in [0.29, 0.717) is 23.3 Å². The topological polar surface area (TPSA) is 80.4 Å². The van der Waals surface area contributed by atoms with Gasteiger partial charge in [0.15, 0.2) is 0 Å². The zero-order valence-corrected chi connectivity index (χ0v) is 19.9. The van der Waals surface area contributed by atoms with Crippen molar-refractivity contribution in [1.29, 1.82) is 10.5 Å². The Morgan fingerprint density at radius 3 is 2.11 bits per heavy atom. The van der Waals surface area contributed by atoms with Crippen LogP contribution >= 0.6 is 0 Å². The third-order valence-electron chi connectivity index (χ3n) is 6.47. The second-order valence-corrected chi connectivity index (χ2v) is 8.76. The Labute approximate surface area is 206 Å². The van der Waals surface area contributed by atoms with E-state index < -0.39 is 0 Å². The summed E-state index contributed by atoms with van der Waals surface area (Å²) >= 11 is 0. The fourth-order valence-electron chi connectivity index (χ4n) is 4.35. The Kier molecular flexibility index (Phi) is 7.77. The third kappa shape index (κ3) is 6.06. The fourth-order valence-corrected chi connectivity index (χ4v) is 4.35. The minimum absolute atomic E-state index is 0.00544. The molecule has 1 aliphatic rings. The van der Waals surface area contributed by atoms with E-state index in [1.54, 1.807) is 24.3 Å². The number of hydrogen-bond donors (Lipinski definition) is 0. The van der Waals surface area contributed by atoms with E-state index in [1.165, 1.54) is 0 Å². The molecule has 0 bridgehead atoms. The van der Waals surface area contributed by atoms with Crippen molar-refractivity contribution in [3.8, 4) is 29.0 Å². The molecule has 0 aromatic heterocycles. The molecule has 0 unspecified atom stereocenters. The molecular weight excluding hydrogens is 436 g/mol. The molecule has 3 aromatic carbocycles. The number of nitriles is 2. The van der Waals surface area contributed by atoms with Gasteiger partial charge in [0.1, 0.15) is 5.75 Å². The number of nitrogens with zero attached hydrogens (tertiary/aromatic N) is 4. The van der Waals surface area contributed by atoms with Gasteiger partial charge in [-0.15, -0.1) is 0 Å². The first kappa shape index (κ1) is 24.0. The fraction of sp³-hybridized carbons (Fsp3) is 0.276. The first-order chi connectivity index (χ1) is 17.1. The number of likely N-dealkylation sites (tertiary alicyclic amines) is 1. The van der Waals surface area contributed by atoms with E-state index >= 15 is 0 Å². The number of amides is 1. The lowest BCUT2D eigenvalue weighted by molar-refractivity contribution is 0.0735. The quantitative estimate of drug-likeness (QED) is 0.451. The number of likely N-dealkylation sites (N-methyl/N-ethyl adjacent to an activating group) is 1. The van der Waals surface area contributed by atoms with Gasteiger partial charge in [0.2, 0.25) is 0 Å². The molecule has 1 atom stereocenters. The first-order valence-corrected chi connectivity index (χ1v) is 11.8. The van der Waals surface area contributed by atoms with Crippen molar-refractivity contribution in [1.82, 2.24) is 9.80 Å². The van der Waals surface area contributed by atoms with Gasteiger partial charge in [0, 0.05) is 38.3 Å². The maximum Gasteiger partial charge on any atom is 0.253 e. The molecule has 1 amide bonds. The van der Waals surface area contributed by atoms with Gasteiger partial charge in [0.05, 0.1) is 29.9 Å². The van der Waals surface area contributed by atoms with Gasteiger partial charge in [0.25, 0.3) is 5.91 Å². The summed E-state index contributed by atoms with van der Waals surface area (Å²) in [6, 6.07) is 26.8. The average Bonchev–Trinajstić information content (AvgIpc) is 3.40. The van der Waals surface area contributed by atoms with Crippen molar-refractivity contribution < 1.29 is 9.53 Å². The monoisotopic (exact) mass is 464 g/mol. The highest BCUT2D eigenvalue weighted by Gasteiger charge is 2.28. The molecule has 0 aliphatic carbocycles. The van der Waals surface area contributed by atoms with Crippen molar-refractivity contribution >= 4 is 5.91 Å². The van der Waals surface area contributed by atoms with Crippen LogP contribution in [0.5, 0.6) is 5.75 Å². The summed E-state index contributed by atoms with van der Waals surface area (Å²) in [5, 5.41) is 17.9. The van der Waals surface area contributed by atoms with Crippen molar-refractivity contribution in [2.24, 2.45) is 0 Å². The van der Waals surface area contributed by atoms with E-state index in [1.807, 2.05) is 60.5 Å². The van der Waals surface area contributed by atoms with Crippen LogP contribution in [0.4, 0.5) is 0 Å². The van der Waals surface area contributed by atoms with Crippen molar-refractivity contribution in [2.45, 2.75) is 18.9 Å². The number of ether oxygens (including phenoxy) is 1. The van der Waals surface area contributed by atoms with Gasteiger partial charge in [-0.25, -0.2) is 0 Å². The SMILES string of the molecule is CN(C(=O)c1ccc(C#N)cc1)[C@@H]1CCN(CCCOc2ccc(-c3ccc(C#N)cc3)cc2)C1. The molecule has 0 spiro atoms. The summed E-state index contributed by atoms with van der Waals surface area (Å²) in [6.45, 7) is 3.39. The van der Waals surface area contributed by atoms with Crippen LogP contribution < -0.4 is 4.74 Å². The summed E-state index contributed by atoms with van der Waals surface area (Å²) in [6.07, 6.45) is 1.87. The molecule has 1 fully saturated rings. The standard InChI is InChI=1S/C29H28N4O2/c1-32(29(34)26-9-5-23(20-31)6-10-26)27-15-17-33(21-27)16-2-18-35-28-13-11-25(12-14-28)24-7-3-22(19-30)4-8-24/h3-14,27H,2,15-18,21H2,1H3/t27-/m1/s1. The highest BCUT2D eigenvalue weighted by molar-refractivity contribution is 5.94. The van der Waals surface area contributed by atoms with Crippen LogP contribution in [0.2, 0.25) is 0 Å². The zero-order chi connectivity index (χ0) is 24.6. The van der Waals surface area contributed by atoms with Gasteiger partial charge < -0.3 is 14.5 Å². The van der Waals surface area contributed by atoms with E-state index in [9.17, 15) is 4.79 Å². The lowest BCUT2D eigenvalue weighted by Gasteiger charge is -2.25. The molecule has 1 saturated heterocycles. The van der Waals surface area contributed by atoms with Gasteiger partial charge >= 0.3 is 0 Å². The Balaban J connectivity index is 1.19. The van der Waals surface area contributed by atoms with Gasteiger partial charge in [-0.1, -0.05) is 24.3 Å². The molecule has 1 heterocycles. The Morgan fingerprint density at radius 1 is 0.943 bits per heavy atom. The number of carbonyl (C=O) groups is 1. The lowest BCUT2D eigenvalue weighted by atomic mass is 10.0. The maximum atomic E-state index is 12.8. The Bertz CT molecular complexity index is 1220. The second-order valence-electron chi connectivity index (χ2n) is 8.76. The molecule has 3 aromatic rings. The van der Waals surface area contributed by atoms with Crippen LogP contribution in [0.25, 0.3) is 11.1 Å². The first-order valence-electron chi connectivity index (χ1n) is 11.8. The molecule has 6 nitrogen and oxygen atoms in total. The third-order valence-corrected chi connectivity index (χ3v) is 6.47. The van der Waals surface area contributed by atoms with Crippen LogP contribution in [0, 0.1) is 22.7 Å². The van der Waals surface area contributed by atoms with Crippen LogP contribution in [-0.4, -0.2) is 55.0 Å². The van der Waals surface area contributed by atoms with E-state index in [-0.39, 0.29) is 11.9 Å². The minimum Gasteiger partial charge on any atom is -0.494 e. The molecule has 176 valence electrons. The van der Waals surface area contributed by atoms with E-state index in [0.717, 1.165) is 49.4 Å². The molecule has 6 heteroatoms. The van der Waals surface area contributed by atoms with Gasteiger partial charge in [-0.05, 0) is 72.5 Å². The normalized spacial score (nSPS) is 15.2. The Morgan fingerprint density at radius 2 is 1.51 bits per heavy atom. The molecule has 0 saturated carbocycles. The van der Waals surface area contributed by atoms with Crippen molar-refractivity contribution in [3.05, 3.63) is 89.5 Å². The summed E-state index contributed by atoms with van der Waals surface area (Å²) < 4.78 is 5.93. The number of rotatable bonds is 8. The van der Waals surface area contributed by atoms with Crippen molar-refractivity contribution in [2.75, 3.05) is 33.3 Å². The average molecular weight is 465 g/mol. The largest absolute Gasteiger partial charge is 0.494 e. The summed E-state index contributed by atoms with van der Waals surface area (Å²) in [4.78, 5) is 17.0. The number of carbonyl (C=O) groups excluding carboxylic acids is 1.